The summed E-state index contributed by atoms with van der Waals surface area (Å²) in [6.45, 7) is 2.38. The number of hydrogen-bond acceptors (Lipinski definition) is 2. The van der Waals surface area contributed by atoms with E-state index in [9.17, 15) is 4.79 Å². The van der Waals surface area contributed by atoms with E-state index >= 15 is 0 Å². The number of rotatable bonds is 2. The molecule has 1 N–H and O–H groups in total. The van der Waals surface area contributed by atoms with Crippen LogP contribution in [0.15, 0.2) is 0 Å². The Morgan fingerprint density at radius 3 is 2.36 bits per heavy atom. The summed E-state index contributed by atoms with van der Waals surface area (Å²) in [5, 5.41) is 8.61. The van der Waals surface area contributed by atoms with Crippen LogP contribution < -0.4 is 0 Å². The van der Waals surface area contributed by atoms with E-state index in [0.29, 0.717) is 6.04 Å². The summed E-state index contributed by atoms with van der Waals surface area (Å²) >= 11 is 0. The van der Waals surface area contributed by atoms with Crippen molar-refractivity contribution in [1.82, 2.24) is 4.90 Å². The van der Waals surface area contributed by atoms with E-state index < -0.39 is 5.97 Å². The fraction of sp³-hybridized carbons (Fsp3) is 0.875. The highest BCUT2D eigenvalue weighted by Crippen LogP contribution is 2.33. The minimum atomic E-state index is -0.609. The van der Waals surface area contributed by atoms with Crippen LogP contribution in [0.5, 0.6) is 0 Å². The lowest BCUT2D eigenvalue weighted by Crippen LogP contribution is -2.52. The third-order valence-corrected chi connectivity index (χ3v) is 2.87. The number of carboxylic acids is 1. The fourth-order valence-corrected chi connectivity index (χ4v) is 1.79. The molecular formula is C8H13NO2. The van der Waals surface area contributed by atoms with Gasteiger partial charge >= 0.3 is 5.97 Å². The molecule has 2 aliphatic rings. The van der Waals surface area contributed by atoms with Crippen molar-refractivity contribution in [3.05, 3.63) is 0 Å². The molecule has 1 saturated carbocycles. The number of carboxylic acid groups (broad SMARTS) is 1. The summed E-state index contributed by atoms with van der Waals surface area (Å²) < 4.78 is 0. The van der Waals surface area contributed by atoms with Crippen LogP contribution in [0, 0.1) is 5.92 Å². The minimum Gasteiger partial charge on any atom is -0.481 e. The molecule has 0 spiro atoms. The highest BCUT2D eigenvalue weighted by atomic mass is 16.4. The lowest BCUT2D eigenvalue weighted by atomic mass is 9.78. The number of hydrogen-bond donors (Lipinski definition) is 1. The van der Waals surface area contributed by atoms with Gasteiger partial charge in [0.2, 0.25) is 0 Å². The third-order valence-electron chi connectivity index (χ3n) is 2.87. The molecule has 2 rings (SSSR count). The Kier molecular flexibility index (Phi) is 1.60. The van der Waals surface area contributed by atoms with E-state index in [2.05, 4.69) is 4.90 Å². The first kappa shape index (κ1) is 7.10. The predicted octanol–water partition coefficient (Wildman–Crippen LogP) is 0.555. The molecule has 0 amide bonds. The van der Waals surface area contributed by atoms with Gasteiger partial charge in [0.25, 0.3) is 0 Å². The monoisotopic (exact) mass is 155 g/mol. The maximum absolute atomic E-state index is 10.4. The quantitative estimate of drug-likeness (QED) is 0.633. The normalized spacial score (nSPS) is 37.5. The zero-order chi connectivity index (χ0) is 7.84. The molecule has 62 valence electrons. The summed E-state index contributed by atoms with van der Waals surface area (Å²) in [6, 6.07) is 0.602. The van der Waals surface area contributed by atoms with Gasteiger partial charge in [-0.25, -0.2) is 0 Å². The van der Waals surface area contributed by atoms with Crippen molar-refractivity contribution in [2.45, 2.75) is 25.3 Å². The van der Waals surface area contributed by atoms with E-state index in [0.717, 1.165) is 12.8 Å². The summed E-state index contributed by atoms with van der Waals surface area (Å²) in [5.41, 5.74) is 0. The molecule has 0 aromatic heterocycles. The van der Waals surface area contributed by atoms with Gasteiger partial charge < -0.3 is 10.0 Å². The van der Waals surface area contributed by atoms with Crippen LogP contribution in [-0.4, -0.2) is 35.1 Å². The predicted molar refractivity (Wildman–Crippen MR) is 40.3 cm³/mol. The molecule has 11 heavy (non-hydrogen) atoms. The van der Waals surface area contributed by atoms with Gasteiger partial charge in [-0.1, -0.05) is 0 Å². The second-order valence-corrected chi connectivity index (χ2v) is 3.55. The average molecular weight is 155 g/mol. The molecule has 1 heterocycles. The van der Waals surface area contributed by atoms with E-state index in [-0.39, 0.29) is 5.92 Å². The Bertz CT molecular complexity index is 171. The third kappa shape index (κ3) is 1.13. The lowest BCUT2D eigenvalue weighted by Gasteiger charge is -2.45. The number of carbonyl (C=O) groups is 1. The largest absolute Gasteiger partial charge is 0.481 e. The SMILES string of the molecule is O=C(O)C1CC(N2CCC2)C1. The minimum absolute atomic E-state index is 0.0411. The van der Waals surface area contributed by atoms with Crippen LogP contribution in [0.4, 0.5) is 0 Å². The van der Waals surface area contributed by atoms with Crippen molar-refractivity contribution in [3.63, 3.8) is 0 Å². The van der Waals surface area contributed by atoms with Gasteiger partial charge in [0.1, 0.15) is 0 Å². The van der Waals surface area contributed by atoms with Crippen molar-refractivity contribution >= 4 is 5.97 Å². The molecule has 0 aromatic carbocycles. The maximum atomic E-state index is 10.4. The molecule has 2 fully saturated rings. The first-order valence-electron chi connectivity index (χ1n) is 4.24. The topological polar surface area (TPSA) is 40.5 Å². The Labute approximate surface area is 66.0 Å². The lowest BCUT2D eigenvalue weighted by molar-refractivity contribution is -0.147. The molecule has 3 nitrogen and oxygen atoms in total. The summed E-state index contributed by atoms with van der Waals surface area (Å²) in [7, 11) is 0. The van der Waals surface area contributed by atoms with Crippen LogP contribution in [0.25, 0.3) is 0 Å². The molecule has 3 heteroatoms. The average Bonchev–Trinajstić information content (AvgIpc) is 1.70. The highest BCUT2D eigenvalue weighted by Gasteiger charge is 2.39. The van der Waals surface area contributed by atoms with Crippen LogP contribution in [-0.2, 0) is 4.79 Å². The number of likely N-dealkylation sites (tertiary alicyclic amines) is 1. The molecular weight excluding hydrogens is 142 g/mol. The van der Waals surface area contributed by atoms with Crippen molar-refractivity contribution in [2.75, 3.05) is 13.1 Å². The smallest absolute Gasteiger partial charge is 0.306 e. The Hall–Kier alpha value is -0.570. The van der Waals surface area contributed by atoms with Crippen molar-refractivity contribution in [1.29, 1.82) is 0 Å². The van der Waals surface area contributed by atoms with Gasteiger partial charge in [-0.2, -0.15) is 0 Å². The second kappa shape index (κ2) is 2.48. The first-order chi connectivity index (χ1) is 5.27. The molecule has 1 aliphatic carbocycles. The first-order valence-corrected chi connectivity index (χ1v) is 4.24. The number of aliphatic carboxylic acids is 1. The van der Waals surface area contributed by atoms with Crippen molar-refractivity contribution in [3.8, 4) is 0 Å². The fourth-order valence-electron chi connectivity index (χ4n) is 1.79. The van der Waals surface area contributed by atoms with Crippen LogP contribution >= 0.6 is 0 Å². The summed E-state index contributed by atoms with van der Waals surface area (Å²) in [6.07, 6.45) is 3.07. The Morgan fingerprint density at radius 1 is 1.36 bits per heavy atom. The summed E-state index contributed by atoms with van der Waals surface area (Å²) in [4.78, 5) is 12.8. The van der Waals surface area contributed by atoms with Crippen molar-refractivity contribution < 1.29 is 9.90 Å². The molecule has 1 saturated heterocycles. The molecule has 0 unspecified atom stereocenters. The number of nitrogens with zero attached hydrogens (tertiary/aromatic N) is 1. The summed E-state index contributed by atoms with van der Waals surface area (Å²) in [5.74, 6) is -0.651. The van der Waals surface area contributed by atoms with E-state index in [1.165, 1.54) is 19.5 Å². The Balaban J connectivity index is 1.74. The molecule has 0 aromatic rings. The van der Waals surface area contributed by atoms with Gasteiger partial charge in [-0.15, -0.1) is 0 Å². The molecule has 0 atom stereocenters. The Morgan fingerprint density at radius 2 is 2.00 bits per heavy atom. The van der Waals surface area contributed by atoms with Crippen LogP contribution in [0.2, 0.25) is 0 Å². The van der Waals surface area contributed by atoms with Gasteiger partial charge in [-0.05, 0) is 32.4 Å². The van der Waals surface area contributed by atoms with E-state index in [4.69, 9.17) is 5.11 Å². The zero-order valence-electron chi connectivity index (χ0n) is 6.49. The van der Waals surface area contributed by atoms with Crippen molar-refractivity contribution in [2.24, 2.45) is 5.92 Å². The zero-order valence-corrected chi connectivity index (χ0v) is 6.49. The van der Waals surface area contributed by atoms with E-state index in [1.54, 1.807) is 0 Å². The standard InChI is InChI=1S/C8H13NO2/c10-8(11)6-4-7(5-6)9-2-1-3-9/h6-7H,1-5H2,(H,10,11). The second-order valence-electron chi connectivity index (χ2n) is 3.55. The van der Waals surface area contributed by atoms with Gasteiger partial charge in [-0.3, -0.25) is 4.79 Å². The van der Waals surface area contributed by atoms with E-state index in [1.807, 2.05) is 0 Å². The highest BCUT2D eigenvalue weighted by molar-refractivity contribution is 5.71. The van der Waals surface area contributed by atoms with Gasteiger partial charge in [0, 0.05) is 6.04 Å². The maximum Gasteiger partial charge on any atom is 0.306 e. The van der Waals surface area contributed by atoms with Crippen LogP contribution in [0.3, 0.4) is 0 Å². The van der Waals surface area contributed by atoms with Gasteiger partial charge in [0.15, 0.2) is 0 Å². The molecule has 0 radical (unpaired) electrons. The van der Waals surface area contributed by atoms with Crippen LogP contribution in [0.1, 0.15) is 19.3 Å². The molecule has 0 bridgehead atoms. The molecule has 1 aliphatic heterocycles. The van der Waals surface area contributed by atoms with Gasteiger partial charge in [0.05, 0.1) is 5.92 Å².